The number of nitrogens with zero attached hydrogens (tertiary/aromatic N) is 2. The van der Waals surface area contributed by atoms with E-state index in [1.54, 1.807) is 19.4 Å². The summed E-state index contributed by atoms with van der Waals surface area (Å²) in [6.45, 7) is 0.106. The highest BCUT2D eigenvalue weighted by atomic mass is 31.2. The lowest BCUT2D eigenvalue weighted by atomic mass is 9.77. The molecule has 52 heavy (non-hydrogen) atoms. The SMILES string of the molecule is COc1ccc(C(Nc2ccn(CC[C@@H](CP(=O)(OC)OC)OC(=O)[C@H](Cc3ccccc3)OC)c(=O)n2)(c2ccccc2)c2ccccc2)cc1. The van der Waals surface area contributed by atoms with Gasteiger partial charge in [0.1, 0.15) is 23.2 Å². The quantitative estimate of drug-likeness (QED) is 0.0592. The van der Waals surface area contributed by atoms with Gasteiger partial charge in [0.05, 0.1) is 13.3 Å². The minimum Gasteiger partial charge on any atom is -0.497 e. The number of hydrogen-bond donors (Lipinski definition) is 1. The Bertz CT molecular complexity index is 1930. The van der Waals surface area contributed by atoms with Crippen molar-refractivity contribution in [1.29, 1.82) is 0 Å². The second-order valence-corrected chi connectivity index (χ2v) is 14.4. The number of esters is 1. The molecule has 1 N–H and O–H groups in total. The fourth-order valence-corrected chi connectivity index (χ4v) is 7.27. The average molecular weight is 726 g/mol. The predicted molar refractivity (Wildman–Crippen MR) is 200 cm³/mol. The lowest BCUT2D eigenvalue weighted by Crippen LogP contribution is -2.39. The summed E-state index contributed by atoms with van der Waals surface area (Å²) in [5.74, 6) is 0.432. The average Bonchev–Trinajstić information content (AvgIpc) is 3.19. The zero-order valence-electron chi connectivity index (χ0n) is 29.7. The van der Waals surface area contributed by atoms with Crippen LogP contribution in [-0.2, 0) is 46.4 Å². The highest BCUT2D eigenvalue weighted by Crippen LogP contribution is 2.47. The van der Waals surface area contributed by atoms with E-state index in [9.17, 15) is 14.2 Å². The molecule has 0 unspecified atom stereocenters. The second-order valence-electron chi connectivity index (χ2n) is 12.0. The Hall–Kier alpha value is -5.06. The van der Waals surface area contributed by atoms with Crippen molar-refractivity contribution in [3.8, 4) is 5.75 Å². The summed E-state index contributed by atoms with van der Waals surface area (Å²) >= 11 is 0. The van der Waals surface area contributed by atoms with Gasteiger partial charge < -0.3 is 28.6 Å². The van der Waals surface area contributed by atoms with Gasteiger partial charge in [0, 0.05) is 46.9 Å². The van der Waals surface area contributed by atoms with E-state index in [0.29, 0.717) is 11.6 Å². The molecule has 0 spiro atoms. The van der Waals surface area contributed by atoms with E-state index in [1.165, 1.54) is 25.9 Å². The zero-order valence-corrected chi connectivity index (χ0v) is 30.6. The van der Waals surface area contributed by atoms with Crippen molar-refractivity contribution >= 4 is 19.4 Å². The van der Waals surface area contributed by atoms with Crippen LogP contribution in [0.2, 0.25) is 0 Å². The number of methoxy groups -OCH3 is 2. The summed E-state index contributed by atoms with van der Waals surface area (Å²) < 4.78 is 41.6. The Balaban J connectivity index is 1.42. The van der Waals surface area contributed by atoms with Crippen molar-refractivity contribution in [2.24, 2.45) is 0 Å². The monoisotopic (exact) mass is 725 g/mol. The van der Waals surface area contributed by atoms with Gasteiger partial charge in [0.15, 0.2) is 6.10 Å². The smallest absolute Gasteiger partial charge is 0.349 e. The molecule has 1 heterocycles. The molecule has 0 amide bonds. The number of hydrogen-bond acceptors (Lipinski definition) is 10. The second kappa shape index (κ2) is 17.9. The summed E-state index contributed by atoms with van der Waals surface area (Å²) in [4.78, 5) is 31.3. The highest BCUT2D eigenvalue weighted by molar-refractivity contribution is 7.53. The molecular formula is C40H44N3O8P. The first-order valence-electron chi connectivity index (χ1n) is 16.8. The van der Waals surface area contributed by atoms with Gasteiger partial charge in [-0.2, -0.15) is 4.98 Å². The summed E-state index contributed by atoms with van der Waals surface area (Å²) in [6, 6.07) is 38.8. The molecular weight excluding hydrogens is 681 g/mol. The first-order chi connectivity index (χ1) is 25.2. The molecule has 1 aromatic heterocycles. The third-order valence-corrected chi connectivity index (χ3v) is 10.9. The Kier molecular flexibility index (Phi) is 13.2. The molecule has 11 nitrogen and oxygen atoms in total. The molecule has 0 aliphatic heterocycles. The van der Waals surface area contributed by atoms with Crippen LogP contribution in [0.15, 0.2) is 132 Å². The van der Waals surface area contributed by atoms with Crippen molar-refractivity contribution in [3.63, 3.8) is 0 Å². The van der Waals surface area contributed by atoms with Crippen LogP contribution in [0.25, 0.3) is 0 Å². The van der Waals surface area contributed by atoms with Crippen molar-refractivity contribution in [3.05, 3.63) is 160 Å². The Morgan fingerprint density at radius 1 is 0.788 bits per heavy atom. The number of ether oxygens (including phenoxy) is 3. The van der Waals surface area contributed by atoms with E-state index in [-0.39, 0.29) is 25.5 Å². The number of carbonyl (C=O) groups excluding carboxylic acids is 1. The van der Waals surface area contributed by atoms with Crippen LogP contribution in [0, 0.1) is 0 Å². The lowest BCUT2D eigenvalue weighted by Gasteiger charge is -2.37. The van der Waals surface area contributed by atoms with Crippen molar-refractivity contribution in [1.82, 2.24) is 9.55 Å². The molecule has 0 saturated heterocycles. The van der Waals surface area contributed by atoms with Crippen LogP contribution in [0.1, 0.15) is 28.7 Å². The first-order valence-corrected chi connectivity index (χ1v) is 18.6. The Morgan fingerprint density at radius 3 is 1.87 bits per heavy atom. The minimum absolute atomic E-state index is 0.106. The highest BCUT2D eigenvalue weighted by Gasteiger charge is 2.37. The fourth-order valence-electron chi connectivity index (χ4n) is 6.07. The van der Waals surface area contributed by atoms with Gasteiger partial charge >= 0.3 is 19.3 Å². The molecule has 12 heteroatoms. The molecule has 0 aliphatic carbocycles. The number of benzene rings is 4. The summed E-state index contributed by atoms with van der Waals surface area (Å²) in [6.07, 6.45) is 0.0116. The first kappa shape index (κ1) is 38.2. The maximum atomic E-state index is 13.6. The number of aromatic nitrogens is 2. The van der Waals surface area contributed by atoms with E-state index in [1.807, 2.05) is 115 Å². The van der Waals surface area contributed by atoms with Crippen molar-refractivity contribution in [2.45, 2.75) is 37.1 Å². The molecule has 0 radical (unpaired) electrons. The maximum absolute atomic E-state index is 13.6. The van der Waals surface area contributed by atoms with E-state index >= 15 is 0 Å². The number of anilines is 1. The van der Waals surface area contributed by atoms with Gasteiger partial charge in [0.25, 0.3) is 0 Å². The van der Waals surface area contributed by atoms with Gasteiger partial charge in [-0.1, -0.05) is 103 Å². The largest absolute Gasteiger partial charge is 0.497 e. The van der Waals surface area contributed by atoms with Gasteiger partial charge in [-0.05, 0) is 40.5 Å². The molecule has 0 bridgehead atoms. The predicted octanol–water partition coefficient (Wildman–Crippen LogP) is 6.70. The molecule has 0 fully saturated rings. The van der Waals surface area contributed by atoms with Crippen molar-refractivity contribution < 1.29 is 32.6 Å². The van der Waals surface area contributed by atoms with Crippen molar-refractivity contribution in [2.75, 3.05) is 39.9 Å². The summed E-state index contributed by atoms with van der Waals surface area (Å²) in [5.41, 5.74) is 2.21. The molecule has 5 aromatic rings. The Labute approximate surface area is 304 Å². The maximum Gasteiger partial charge on any atom is 0.349 e. The van der Waals surface area contributed by atoms with Gasteiger partial charge in [-0.25, -0.2) is 9.59 Å². The number of aryl methyl sites for hydroxylation is 1. The topological polar surface area (TPSA) is 127 Å². The van der Waals surface area contributed by atoms with Crippen LogP contribution in [-0.4, -0.2) is 62.3 Å². The fraction of sp³-hybridized carbons (Fsp3) is 0.275. The standard InChI is InChI=1S/C40H44N3O8P/c1-47-34-22-20-33(21-23-34)40(31-16-10-6-11-17-31,32-18-12-7-13-19-32)42-37-25-27-43(39(45)41-37)26-24-35(29-52(46,49-3)50-4)51-38(44)36(48-2)28-30-14-8-5-9-15-30/h5-23,25,27,35-36H,24,26,28-29H2,1-4H3,(H,41,42,45)/t35-,36-/m0/s1. The van der Waals surface area contributed by atoms with Crippen LogP contribution >= 0.6 is 7.60 Å². The van der Waals surface area contributed by atoms with Crippen LogP contribution in [0.4, 0.5) is 5.82 Å². The van der Waals surface area contributed by atoms with E-state index < -0.39 is 37.0 Å². The summed E-state index contributed by atoms with van der Waals surface area (Å²) in [7, 11) is 2.00. The summed E-state index contributed by atoms with van der Waals surface area (Å²) in [5, 5.41) is 3.60. The number of rotatable bonds is 18. The molecule has 5 rings (SSSR count). The normalized spacial score (nSPS) is 12.8. The molecule has 272 valence electrons. The molecule has 0 saturated carbocycles. The van der Waals surface area contributed by atoms with Gasteiger partial charge in [-0.15, -0.1) is 0 Å². The number of carbonyl (C=O) groups is 1. The molecule has 4 aromatic carbocycles. The van der Waals surface area contributed by atoms with Crippen LogP contribution in [0.5, 0.6) is 5.75 Å². The third-order valence-electron chi connectivity index (χ3n) is 8.90. The third kappa shape index (κ3) is 9.23. The Morgan fingerprint density at radius 2 is 1.35 bits per heavy atom. The molecule has 2 atom stereocenters. The minimum atomic E-state index is -3.60. The van der Waals surface area contributed by atoms with E-state index in [2.05, 4.69) is 10.3 Å². The van der Waals surface area contributed by atoms with Crippen LogP contribution in [0.3, 0.4) is 0 Å². The van der Waals surface area contributed by atoms with Crippen LogP contribution < -0.4 is 15.7 Å². The van der Waals surface area contributed by atoms with E-state index in [0.717, 1.165) is 22.3 Å². The van der Waals surface area contributed by atoms with Gasteiger partial charge in [-0.3, -0.25) is 9.13 Å². The lowest BCUT2D eigenvalue weighted by molar-refractivity contribution is -0.160. The number of nitrogens with one attached hydrogen (secondary N) is 1. The zero-order chi connectivity index (χ0) is 37.0. The van der Waals surface area contributed by atoms with E-state index in [4.69, 9.17) is 23.3 Å². The van der Waals surface area contributed by atoms with Gasteiger partial charge in [0.2, 0.25) is 0 Å². The molecule has 0 aliphatic rings.